The fourth-order valence-corrected chi connectivity index (χ4v) is 2.08. The molecule has 0 saturated heterocycles. The number of alkyl halides is 3. The van der Waals surface area contributed by atoms with Crippen LogP contribution in [-0.2, 0) is 20.7 Å². The van der Waals surface area contributed by atoms with E-state index in [1.807, 2.05) is 30.3 Å². The van der Waals surface area contributed by atoms with Gasteiger partial charge in [0.1, 0.15) is 12.6 Å². The van der Waals surface area contributed by atoms with Crippen LogP contribution in [0.3, 0.4) is 0 Å². The molecule has 0 saturated carbocycles. The van der Waals surface area contributed by atoms with Crippen molar-refractivity contribution in [2.45, 2.75) is 32.5 Å². The molecule has 0 bridgehead atoms. The predicted molar refractivity (Wildman–Crippen MR) is 86.8 cm³/mol. The van der Waals surface area contributed by atoms with Crippen LogP contribution in [0, 0.1) is 5.92 Å². The Labute approximate surface area is 144 Å². The molecule has 1 atom stereocenters. The fourth-order valence-electron chi connectivity index (χ4n) is 2.08. The number of hydrogen-bond donors (Lipinski definition) is 2. The van der Waals surface area contributed by atoms with Crippen LogP contribution in [0.4, 0.5) is 13.2 Å². The molecule has 0 aliphatic carbocycles. The molecule has 8 heteroatoms. The number of halogens is 3. The monoisotopic (exact) mass is 360 g/mol. The van der Waals surface area contributed by atoms with E-state index in [1.165, 1.54) is 0 Å². The van der Waals surface area contributed by atoms with Gasteiger partial charge in [-0.2, -0.15) is 13.2 Å². The van der Waals surface area contributed by atoms with Crippen LogP contribution in [0.25, 0.3) is 0 Å². The number of carbonyl (C=O) groups excluding carboxylic acids is 2. The van der Waals surface area contributed by atoms with E-state index in [-0.39, 0.29) is 31.4 Å². The summed E-state index contributed by atoms with van der Waals surface area (Å²) in [5.41, 5.74) is 0.823. The number of ether oxygens (including phenoxy) is 1. The van der Waals surface area contributed by atoms with Gasteiger partial charge in [-0.1, -0.05) is 44.2 Å². The Morgan fingerprint density at radius 2 is 1.80 bits per heavy atom. The van der Waals surface area contributed by atoms with Crippen LogP contribution in [-0.4, -0.2) is 43.8 Å². The third-order valence-corrected chi connectivity index (χ3v) is 3.28. The highest BCUT2D eigenvalue weighted by Gasteiger charge is 2.27. The number of benzene rings is 1. The first-order valence-corrected chi connectivity index (χ1v) is 7.94. The Morgan fingerprint density at radius 1 is 1.16 bits per heavy atom. The number of rotatable bonds is 9. The van der Waals surface area contributed by atoms with Crippen molar-refractivity contribution < 1.29 is 27.5 Å². The standard InChI is InChI=1S/C17H23F3N2O3/c1-12(2)15(16(24)21-8-9-25-11-17(18,19)20)22-14(23)10-13-6-4-3-5-7-13/h3-7,12,15H,8-11H2,1-2H3,(H,21,24)(H,22,23). The number of nitrogens with one attached hydrogen (secondary N) is 2. The van der Waals surface area contributed by atoms with Crippen molar-refractivity contribution in [2.24, 2.45) is 5.92 Å². The summed E-state index contributed by atoms with van der Waals surface area (Å²) in [6, 6.07) is 8.32. The molecule has 0 fully saturated rings. The van der Waals surface area contributed by atoms with Crippen molar-refractivity contribution in [2.75, 3.05) is 19.8 Å². The number of carbonyl (C=O) groups is 2. The Morgan fingerprint density at radius 3 is 2.36 bits per heavy atom. The molecule has 2 N–H and O–H groups in total. The van der Waals surface area contributed by atoms with Crippen LogP contribution in [0.15, 0.2) is 30.3 Å². The highest BCUT2D eigenvalue weighted by Crippen LogP contribution is 2.14. The van der Waals surface area contributed by atoms with Gasteiger partial charge in [0.2, 0.25) is 11.8 Å². The second kappa shape index (κ2) is 10.0. The van der Waals surface area contributed by atoms with Crippen LogP contribution in [0.2, 0.25) is 0 Å². The molecule has 1 aromatic rings. The van der Waals surface area contributed by atoms with E-state index >= 15 is 0 Å². The maximum Gasteiger partial charge on any atom is 0.411 e. The van der Waals surface area contributed by atoms with Gasteiger partial charge in [0.15, 0.2) is 0 Å². The zero-order chi connectivity index (χ0) is 18.9. The smallest absolute Gasteiger partial charge is 0.370 e. The van der Waals surface area contributed by atoms with Crippen molar-refractivity contribution in [1.82, 2.24) is 10.6 Å². The minimum Gasteiger partial charge on any atom is -0.370 e. The summed E-state index contributed by atoms with van der Waals surface area (Å²) in [4.78, 5) is 24.2. The van der Waals surface area contributed by atoms with Crippen molar-refractivity contribution in [3.63, 3.8) is 0 Å². The van der Waals surface area contributed by atoms with E-state index in [1.54, 1.807) is 13.8 Å². The maximum absolute atomic E-state index is 12.1. The highest BCUT2D eigenvalue weighted by atomic mass is 19.4. The molecular formula is C17H23F3N2O3. The predicted octanol–water partition coefficient (Wildman–Crippen LogP) is 2.06. The first-order chi connectivity index (χ1) is 11.7. The normalized spacial score (nSPS) is 12.7. The van der Waals surface area contributed by atoms with E-state index in [0.29, 0.717) is 0 Å². The largest absolute Gasteiger partial charge is 0.411 e. The van der Waals surface area contributed by atoms with Gasteiger partial charge in [-0.3, -0.25) is 9.59 Å². The van der Waals surface area contributed by atoms with E-state index in [9.17, 15) is 22.8 Å². The molecule has 2 amide bonds. The molecule has 0 aliphatic heterocycles. The quantitative estimate of drug-likeness (QED) is 0.663. The van der Waals surface area contributed by atoms with Gasteiger partial charge in [-0.15, -0.1) is 0 Å². The lowest BCUT2D eigenvalue weighted by atomic mass is 10.0. The molecule has 0 aromatic heterocycles. The topological polar surface area (TPSA) is 67.4 Å². The lowest BCUT2D eigenvalue weighted by Crippen LogP contribution is -2.50. The first-order valence-electron chi connectivity index (χ1n) is 7.94. The van der Waals surface area contributed by atoms with Gasteiger partial charge in [-0.05, 0) is 11.5 Å². The zero-order valence-electron chi connectivity index (χ0n) is 14.2. The van der Waals surface area contributed by atoms with Crippen LogP contribution >= 0.6 is 0 Å². The summed E-state index contributed by atoms with van der Waals surface area (Å²) >= 11 is 0. The molecular weight excluding hydrogens is 337 g/mol. The fraction of sp³-hybridized carbons (Fsp3) is 0.529. The van der Waals surface area contributed by atoms with Crippen molar-refractivity contribution in [1.29, 1.82) is 0 Å². The van der Waals surface area contributed by atoms with Crippen LogP contribution < -0.4 is 10.6 Å². The van der Waals surface area contributed by atoms with E-state index in [2.05, 4.69) is 15.4 Å². The average Bonchev–Trinajstić information content (AvgIpc) is 2.51. The summed E-state index contributed by atoms with van der Waals surface area (Å²) in [7, 11) is 0. The molecule has 0 radical (unpaired) electrons. The van der Waals surface area contributed by atoms with Gasteiger partial charge in [0.05, 0.1) is 13.0 Å². The second-order valence-electron chi connectivity index (χ2n) is 5.91. The van der Waals surface area contributed by atoms with Crippen LogP contribution in [0.5, 0.6) is 0 Å². The summed E-state index contributed by atoms with van der Waals surface area (Å²) in [5.74, 6) is -0.920. The maximum atomic E-state index is 12.1. The SMILES string of the molecule is CC(C)C(NC(=O)Cc1ccccc1)C(=O)NCCOCC(F)(F)F. The minimum atomic E-state index is -4.39. The summed E-state index contributed by atoms with van der Waals surface area (Å²) in [5, 5.41) is 5.13. The average molecular weight is 360 g/mol. The van der Waals surface area contributed by atoms with Crippen molar-refractivity contribution >= 4 is 11.8 Å². The molecule has 5 nitrogen and oxygen atoms in total. The first kappa shape index (κ1) is 21.0. The highest BCUT2D eigenvalue weighted by molar-refractivity contribution is 5.88. The molecule has 1 unspecified atom stereocenters. The molecule has 0 heterocycles. The number of hydrogen-bond acceptors (Lipinski definition) is 3. The van der Waals surface area contributed by atoms with Gasteiger partial charge >= 0.3 is 6.18 Å². The molecule has 0 spiro atoms. The van der Waals surface area contributed by atoms with E-state index < -0.39 is 24.7 Å². The Bertz CT molecular complexity index is 548. The van der Waals surface area contributed by atoms with E-state index in [4.69, 9.17) is 0 Å². The van der Waals surface area contributed by atoms with Gasteiger partial charge in [-0.25, -0.2) is 0 Å². The Kier molecular flexibility index (Phi) is 8.40. The second-order valence-corrected chi connectivity index (χ2v) is 5.91. The molecule has 0 aliphatic rings. The van der Waals surface area contributed by atoms with Crippen molar-refractivity contribution in [3.05, 3.63) is 35.9 Å². The molecule has 1 aromatic carbocycles. The lowest BCUT2D eigenvalue weighted by molar-refractivity contribution is -0.173. The summed E-state index contributed by atoms with van der Waals surface area (Å²) < 4.78 is 40.2. The van der Waals surface area contributed by atoms with Gasteiger partial charge in [0, 0.05) is 6.54 Å². The van der Waals surface area contributed by atoms with Gasteiger partial charge in [0.25, 0.3) is 0 Å². The van der Waals surface area contributed by atoms with E-state index in [0.717, 1.165) is 5.56 Å². The molecule has 1 rings (SSSR count). The third-order valence-electron chi connectivity index (χ3n) is 3.28. The summed E-state index contributed by atoms with van der Waals surface area (Å²) in [6.45, 7) is 1.87. The zero-order valence-corrected chi connectivity index (χ0v) is 14.2. The van der Waals surface area contributed by atoms with Crippen molar-refractivity contribution in [3.8, 4) is 0 Å². The number of amides is 2. The third kappa shape index (κ3) is 9.09. The van der Waals surface area contributed by atoms with Crippen LogP contribution in [0.1, 0.15) is 19.4 Å². The Balaban J connectivity index is 2.41. The minimum absolute atomic E-state index is 0.0628. The lowest BCUT2D eigenvalue weighted by Gasteiger charge is -2.22. The molecule has 140 valence electrons. The molecule has 25 heavy (non-hydrogen) atoms. The Hall–Kier alpha value is -2.09. The van der Waals surface area contributed by atoms with Gasteiger partial charge < -0.3 is 15.4 Å². The summed E-state index contributed by atoms with van der Waals surface area (Å²) in [6.07, 6.45) is -4.25.